The number of rotatable bonds is 4. The Labute approximate surface area is 106 Å². The smallest absolute Gasteiger partial charge is 0.0558 e. The lowest BCUT2D eigenvalue weighted by atomic mass is 9.95. The summed E-state index contributed by atoms with van der Waals surface area (Å²) in [7, 11) is 4.38. The van der Waals surface area contributed by atoms with Crippen molar-refractivity contribution in [1.82, 2.24) is 9.80 Å². The van der Waals surface area contributed by atoms with Crippen LogP contribution in [0.2, 0.25) is 0 Å². The Hall–Kier alpha value is -0.120. The van der Waals surface area contributed by atoms with E-state index >= 15 is 0 Å². The third-order valence-electron chi connectivity index (χ3n) is 4.60. The maximum Gasteiger partial charge on any atom is 0.0558 e. The molecule has 2 atom stereocenters. The van der Waals surface area contributed by atoms with Gasteiger partial charge in [-0.25, -0.2) is 0 Å². The number of nitrogens with zero attached hydrogens (tertiary/aromatic N) is 2. The average Bonchev–Trinajstić information content (AvgIpc) is 2.76. The Kier molecular flexibility index (Phi) is 4.83. The van der Waals surface area contributed by atoms with Crippen LogP contribution in [0.15, 0.2) is 0 Å². The van der Waals surface area contributed by atoms with E-state index in [1.165, 1.54) is 25.7 Å². The van der Waals surface area contributed by atoms with E-state index in [0.29, 0.717) is 6.04 Å². The number of hydrogen-bond donors (Lipinski definition) is 1. The molecule has 0 amide bonds. The van der Waals surface area contributed by atoms with E-state index < -0.39 is 0 Å². The van der Waals surface area contributed by atoms with E-state index in [4.69, 9.17) is 0 Å². The highest BCUT2D eigenvalue weighted by Crippen LogP contribution is 2.29. The summed E-state index contributed by atoms with van der Waals surface area (Å²) < 4.78 is 0. The maximum absolute atomic E-state index is 10.2. The number of hydrogen-bond acceptors (Lipinski definition) is 3. The van der Waals surface area contributed by atoms with Gasteiger partial charge in [-0.3, -0.25) is 0 Å². The van der Waals surface area contributed by atoms with Crippen molar-refractivity contribution >= 4 is 0 Å². The van der Waals surface area contributed by atoms with Gasteiger partial charge in [0.1, 0.15) is 0 Å². The van der Waals surface area contributed by atoms with Gasteiger partial charge in [-0.05, 0) is 32.9 Å². The van der Waals surface area contributed by atoms with Crippen molar-refractivity contribution in [2.75, 3.05) is 33.7 Å². The van der Waals surface area contributed by atoms with Crippen LogP contribution in [0.3, 0.4) is 0 Å². The summed E-state index contributed by atoms with van der Waals surface area (Å²) >= 11 is 0. The monoisotopic (exact) mass is 240 g/mol. The molecule has 0 radical (unpaired) electrons. The van der Waals surface area contributed by atoms with Gasteiger partial charge >= 0.3 is 0 Å². The predicted molar refractivity (Wildman–Crippen MR) is 71.1 cm³/mol. The molecule has 17 heavy (non-hydrogen) atoms. The minimum absolute atomic E-state index is 0.0861. The standard InChI is InChI=1S/C14H28N2O/c1-15-7-8-16(2)13(11-15)10-14(17)9-12-5-3-4-6-12/h12-14,17H,3-11H2,1-2H3. The van der Waals surface area contributed by atoms with Crippen LogP contribution in [0.5, 0.6) is 0 Å². The minimum atomic E-state index is -0.0861. The first-order valence-corrected chi connectivity index (χ1v) is 7.22. The van der Waals surface area contributed by atoms with Crippen molar-refractivity contribution in [3.8, 4) is 0 Å². The SMILES string of the molecule is CN1CCN(C)C(CC(O)CC2CCCC2)C1. The first-order chi connectivity index (χ1) is 8.15. The molecule has 0 aromatic rings. The second kappa shape index (κ2) is 6.17. The molecule has 1 aliphatic heterocycles. The molecule has 0 spiro atoms. The summed E-state index contributed by atoms with van der Waals surface area (Å²) in [4.78, 5) is 4.80. The summed E-state index contributed by atoms with van der Waals surface area (Å²) in [5.74, 6) is 0.802. The molecule has 2 rings (SSSR count). The van der Waals surface area contributed by atoms with Crippen molar-refractivity contribution in [2.24, 2.45) is 5.92 Å². The van der Waals surface area contributed by atoms with Crippen LogP contribution in [0.25, 0.3) is 0 Å². The van der Waals surface area contributed by atoms with Gasteiger partial charge in [0.25, 0.3) is 0 Å². The highest BCUT2D eigenvalue weighted by molar-refractivity contribution is 4.82. The zero-order chi connectivity index (χ0) is 12.3. The quantitative estimate of drug-likeness (QED) is 0.808. The van der Waals surface area contributed by atoms with Crippen LogP contribution in [-0.2, 0) is 0 Å². The van der Waals surface area contributed by atoms with Gasteiger partial charge in [0.2, 0.25) is 0 Å². The third kappa shape index (κ3) is 3.94. The van der Waals surface area contributed by atoms with E-state index in [0.717, 1.165) is 38.4 Å². The van der Waals surface area contributed by atoms with Crippen molar-refractivity contribution in [2.45, 2.75) is 50.7 Å². The molecule has 1 saturated carbocycles. The fourth-order valence-corrected chi connectivity index (χ4v) is 3.40. The van der Waals surface area contributed by atoms with Gasteiger partial charge in [-0.1, -0.05) is 25.7 Å². The lowest BCUT2D eigenvalue weighted by Crippen LogP contribution is -2.51. The second-order valence-corrected chi connectivity index (χ2v) is 6.17. The molecule has 1 saturated heterocycles. The Balaban J connectivity index is 1.74. The first kappa shape index (κ1) is 13.3. The number of piperazine rings is 1. The van der Waals surface area contributed by atoms with E-state index in [9.17, 15) is 5.11 Å². The van der Waals surface area contributed by atoms with E-state index in [1.807, 2.05) is 0 Å². The molecule has 100 valence electrons. The molecule has 1 heterocycles. The molecule has 2 aliphatic rings. The van der Waals surface area contributed by atoms with Crippen molar-refractivity contribution in [1.29, 1.82) is 0 Å². The lowest BCUT2D eigenvalue weighted by molar-refractivity contribution is 0.0538. The van der Waals surface area contributed by atoms with Crippen LogP contribution in [0.1, 0.15) is 38.5 Å². The number of aliphatic hydroxyl groups excluding tert-OH is 1. The molecule has 0 aromatic carbocycles. The van der Waals surface area contributed by atoms with Crippen molar-refractivity contribution < 1.29 is 5.11 Å². The van der Waals surface area contributed by atoms with Crippen LogP contribution >= 0.6 is 0 Å². The molecule has 0 bridgehead atoms. The van der Waals surface area contributed by atoms with Crippen LogP contribution < -0.4 is 0 Å². The van der Waals surface area contributed by atoms with Gasteiger partial charge in [0.15, 0.2) is 0 Å². The fraction of sp³-hybridized carbons (Fsp3) is 1.00. The highest BCUT2D eigenvalue weighted by Gasteiger charge is 2.26. The normalized spacial score (nSPS) is 30.9. The largest absolute Gasteiger partial charge is 0.393 e. The minimum Gasteiger partial charge on any atom is -0.393 e. The molecule has 3 heteroatoms. The number of likely N-dealkylation sites (N-methyl/N-ethyl adjacent to an activating group) is 2. The summed E-state index contributed by atoms with van der Waals surface area (Å²) in [5.41, 5.74) is 0. The Bertz CT molecular complexity index is 228. The highest BCUT2D eigenvalue weighted by atomic mass is 16.3. The van der Waals surface area contributed by atoms with Gasteiger partial charge < -0.3 is 14.9 Å². The van der Waals surface area contributed by atoms with E-state index in [1.54, 1.807) is 0 Å². The average molecular weight is 240 g/mol. The van der Waals surface area contributed by atoms with Gasteiger partial charge in [0, 0.05) is 25.7 Å². The molecular weight excluding hydrogens is 212 g/mol. The molecular formula is C14H28N2O. The van der Waals surface area contributed by atoms with Crippen molar-refractivity contribution in [3.05, 3.63) is 0 Å². The van der Waals surface area contributed by atoms with Crippen molar-refractivity contribution in [3.63, 3.8) is 0 Å². The molecule has 1 N–H and O–H groups in total. The lowest BCUT2D eigenvalue weighted by Gasteiger charge is -2.38. The molecule has 2 unspecified atom stereocenters. The fourth-order valence-electron chi connectivity index (χ4n) is 3.40. The Morgan fingerprint density at radius 3 is 2.53 bits per heavy atom. The van der Waals surface area contributed by atoms with E-state index in [2.05, 4.69) is 23.9 Å². The van der Waals surface area contributed by atoms with Crippen LogP contribution in [-0.4, -0.2) is 60.8 Å². The Morgan fingerprint density at radius 1 is 1.12 bits per heavy atom. The molecule has 3 nitrogen and oxygen atoms in total. The summed E-state index contributed by atoms with van der Waals surface area (Å²) in [6, 6.07) is 0.546. The maximum atomic E-state index is 10.2. The first-order valence-electron chi connectivity index (χ1n) is 7.22. The zero-order valence-corrected chi connectivity index (χ0v) is 11.4. The summed E-state index contributed by atoms with van der Waals surface area (Å²) in [6.45, 7) is 3.40. The number of aliphatic hydroxyl groups is 1. The second-order valence-electron chi connectivity index (χ2n) is 6.17. The molecule has 2 fully saturated rings. The molecule has 1 aliphatic carbocycles. The zero-order valence-electron chi connectivity index (χ0n) is 11.4. The molecule has 0 aromatic heterocycles. The van der Waals surface area contributed by atoms with Crippen LogP contribution in [0.4, 0.5) is 0 Å². The topological polar surface area (TPSA) is 26.7 Å². The predicted octanol–water partition coefficient (Wildman–Crippen LogP) is 1.56. The summed E-state index contributed by atoms with van der Waals surface area (Å²) in [6.07, 6.45) is 7.35. The summed E-state index contributed by atoms with van der Waals surface area (Å²) in [5, 5.41) is 10.2. The van der Waals surface area contributed by atoms with Gasteiger partial charge in [-0.15, -0.1) is 0 Å². The third-order valence-corrected chi connectivity index (χ3v) is 4.60. The van der Waals surface area contributed by atoms with Gasteiger partial charge in [-0.2, -0.15) is 0 Å². The van der Waals surface area contributed by atoms with Gasteiger partial charge in [0.05, 0.1) is 6.10 Å². The van der Waals surface area contributed by atoms with Crippen LogP contribution in [0, 0.1) is 5.92 Å². The Morgan fingerprint density at radius 2 is 1.82 bits per heavy atom. The van der Waals surface area contributed by atoms with E-state index in [-0.39, 0.29) is 6.10 Å².